The number of amides is 1. The Bertz CT molecular complexity index is 1030. The van der Waals surface area contributed by atoms with Crippen molar-refractivity contribution in [1.82, 2.24) is 4.31 Å². The number of anilines is 1. The maximum atomic E-state index is 12.9. The molecule has 1 heterocycles. The largest absolute Gasteiger partial charge is 0.495 e. The van der Waals surface area contributed by atoms with E-state index in [4.69, 9.17) is 9.47 Å². The maximum absolute atomic E-state index is 12.9. The van der Waals surface area contributed by atoms with Crippen molar-refractivity contribution in [2.75, 3.05) is 25.5 Å². The first-order valence-corrected chi connectivity index (χ1v) is 11.4. The molecule has 30 heavy (non-hydrogen) atoms. The molecule has 1 aliphatic heterocycles. The van der Waals surface area contributed by atoms with Gasteiger partial charge in [-0.25, -0.2) is 8.42 Å². The van der Waals surface area contributed by atoms with Gasteiger partial charge in [0.05, 0.1) is 17.7 Å². The molecule has 0 spiro atoms. The lowest BCUT2D eigenvalue weighted by Gasteiger charge is -2.19. The molecule has 3 rings (SSSR count). The van der Waals surface area contributed by atoms with Gasteiger partial charge in [-0.05, 0) is 69.0 Å². The van der Waals surface area contributed by atoms with Crippen LogP contribution >= 0.6 is 0 Å². The molecule has 0 unspecified atom stereocenters. The summed E-state index contributed by atoms with van der Waals surface area (Å²) < 4.78 is 38.3. The van der Waals surface area contributed by atoms with E-state index in [0.717, 1.165) is 24.0 Å². The highest BCUT2D eigenvalue weighted by Gasteiger charge is 2.28. The van der Waals surface area contributed by atoms with Crippen LogP contribution in [0, 0.1) is 13.8 Å². The second-order valence-corrected chi connectivity index (χ2v) is 9.36. The lowest BCUT2D eigenvalue weighted by Crippen LogP contribution is -2.31. The highest BCUT2D eigenvalue weighted by Crippen LogP contribution is 2.30. The van der Waals surface area contributed by atoms with Gasteiger partial charge >= 0.3 is 0 Å². The smallest absolute Gasteiger partial charge is 0.265 e. The van der Waals surface area contributed by atoms with Gasteiger partial charge < -0.3 is 14.8 Å². The van der Waals surface area contributed by atoms with Crippen molar-refractivity contribution >= 4 is 21.6 Å². The molecule has 0 saturated carbocycles. The van der Waals surface area contributed by atoms with Gasteiger partial charge in [-0.2, -0.15) is 4.31 Å². The molecular weight excluding hydrogens is 404 g/mol. The SMILES string of the molecule is COc1ccc(S(=O)(=O)N2CCCC2)cc1NC(=O)[C@H](C)Oc1cccc(C)c1C. The monoisotopic (exact) mass is 432 g/mol. The minimum absolute atomic E-state index is 0.128. The van der Waals surface area contributed by atoms with E-state index in [0.29, 0.717) is 30.3 Å². The molecule has 2 aromatic rings. The molecule has 1 amide bonds. The first kappa shape index (κ1) is 22.1. The quantitative estimate of drug-likeness (QED) is 0.724. The van der Waals surface area contributed by atoms with E-state index in [1.807, 2.05) is 32.0 Å². The summed E-state index contributed by atoms with van der Waals surface area (Å²) in [6, 6.07) is 10.2. The zero-order valence-corrected chi connectivity index (χ0v) is 18.6. The van der Waals surface area contributed by atoms with E-state index < -0.39 is 22.0 Å². The van der Waals surface area contributed by atoms with Crippen LogP contribution in [0.4, 0.5) is 5.69 Å². The summed E-state index contributed by atoms with van der Waals surface area (Å²) in [7, 11) is -2.14. The van der Waals surface area contributed by atoms with Crippen molar-refractivity contribution in [1.29, 1.82) is 0 Å². The molecule has 1 atom stereocenters. The van der Waals surface area contributed by atoms with Gasteiger partial charge in [0.15, 0.2) is 6.10 Å². The van der Waals surface area contributed by atoms with Crippen LogP contribution in [0.25, 0.3) is 0 Å². The summed E-state index contributed by atoms with van der Waals surface area (Å²) in [5.74, 6) is 0.613. The second-order valence-electron chi connectivity index (χ2n) is 7.42. The molecule has 7 nitrogen and oxygen atoms in total. The predicted octanol–water partition coefficient (Wildman–Crippen LogP) is 3.50. The van der Waals surface area contributed by atoms with E-state index in [2.05, 4.69) is 5.32 Å². The highest BCUT2D eigenvalue weighted by atomic mass is 32.2. The Hall–Kier alpha value is -2.58. The Balaban J connectivity index is 1.80. The third kappa shape index (κ3) is 4.60. The number of carbonyl (C=O) groups is 1. The third-order valence-electron chi connectivity index (χ3n) is 5.36. The fraction of sp³-hybridized carbons (Fsp3) is 0.409. The molecular formula is C22H28N2O5S. The van der Waals surface area contributed by atoms with Gasteiger partial charge in [-0.1, -0.05) is 12.1 Å². The number of sulfonamides is 1. The molecule has 0 aromatic heterocycles. The molecule has 2 aromatic carbocycles. The number of hydrogen-bond donors (Lipinski definition) is 1. The molecule has 1 N–H and O–H groups in total. The van der Waals surface area contributed by atoms with Crippen LogP contribution in [-0.4, -0.2) is 44.9 Å². The summed E-state index contributed by atoms with van der Waals surface area (Å²) in [4.78, 5) is 12.9. The zero-order chi connectivity index (χ0) is 21.9. The lowest BCUT2D eigenvalue weighted by atomic mass is 10.1. The van der Waals surface area contributed by atoms with Crippen molar-refractivity contribution in [3.8, 4) is 11.5 Å². The van der Waals surface area contributed by atoms with E-state index in [9.17, 15) is 13.2 Å². The number of aryl methyl sites for hydroxylation is 1. The van der Waals surface area contributed by atoms with Gasteiger partial charge in [-0.3, -0.25) is 4.79 Å². The average Bonchev–Trinajstić information content (AvgIpc) is 3.27. The van der Waals surface area contributed by atoms with E-state index in [-0.39, 0.29) is 4.90 Å². The van der Waals surface area contributed by atoms with Crippen LogP contribution in [0.2, 0.25) is 0 Å². The van der Waals surface area contributed by atoms with E-state index in [1.54, 1.807) is 13.0 Å². The highest BCUT2D eigenvalue weighted by molar-refractivity contribution is 7.89. The van der Waals surface area contributed by atoms with Gasteiger partial charge in [0.2, 0.25) is 10.0 Å². The second kappa shape index (κ2) is 9.06. The molecule has 8 heteroatoms. The zero-order valence-electron chi connectivity index (χ0n) is 17.8. The van der Waals surface area contributed by atoms with Crippen LogP contribution in [0.1, 0.15) is 30.9 Å². The maximum Gasteiger partial charge on any atom is 0.265 e. The number of rotatable bonds is 7. The Labute approximate surface area is 178 Å². The van der Waals surface area contributed by atoms with Crippen LogP contribution in [-0.2, 0) is 14.8 Å². The number of nitrogens with one attached hydrogen (secondary N) is 1. The normalized spacial score (nSPS) is 15.6. The molecule has 1 fully saturated rings. The Morgan fingerprint density at radius 1 is 1.10 bits per heavy atom. The van der Waals surface area contributed by atoms with Gasteiger partial charge in [0, 0.05) is 13.1 Å². The first-order chi connectivity index (χ1) is 14.2. The van der Waals surface area contributed by atoms with Gasteiger partial charge in [0.1, 0.15) is 11.5 Å². The van der Waals surface area contributed by atoms with E-state index in [1.165, 1.54) is 23.5 Å². The molecule has 0 radical (unpaired) electrons. The van der Waals surface area contributed by atoms with Crippen molar-refractivity contribution in [2.45, 2.75) is 44.6 Å². The summed E-state index contributed by atoms with van der Waals surface area (Å²) in [5.41, 5.74) is 2.33. The average molecular weight is 433 g/mol. The fourth-order valence-corrected chi connectivity index (χ4v) is 4.90. The van der Waals surface area contributed by atoms with Crippen molar-refractivity contribution < 1.29 is 22.7 Å². The van der Waals surface area contributed by atoms with Crippen molar-refractivity contribution in [2.24, 2.45) is 0 Å². The predicted molar refractivity (Wildman–Crippen MR) is 116 cm³/mol. The number of ether oxygens (including phenoxy) is 2. The molecule has 0 aliphatic carbocycles. The standard InChI is InChI=1S/C22H28N2O5S/c1-15-8-7-9-20(16(15)2)29-17(3)22(25)23-19-14-18(10-11-21(19)28-4)30(26,27)24-12-5-6-13-24/h7-11,14,17H,5-6,12-13H2,1-4H3,(H,23,25)/t17-/m0/s1. The lowest BCUT2D eigenvalue weighted by molar-refractivity contribution is -0.122. The van der Waals surface area contributed by atoms with Crippen LogP contribution in [0.3, 0.4) is 0 Å². The first-order valence-electron chi connectivity index (χ1n) is 9.96. The van der Waals surface area contributed by atoms with Crippen molar-refractivity contribution in [3.05, 3.63) is 47.5 Å². The molecule has 0 bridgehead atoms. The number of nitrogens with zero attached hydrogens (tertiary/aromatic N) is 1. The van der Waals surface area contributed by atoms with Crippen LogP contribution in [0.15, 0.2) is 41.3 Å². The summed E-state index contributed by atoms with van der Waals surface area (Å²) in [6.45, 7) is 6.58. The molecule has 162 valence electrons. The van der Waals surface area contributed by atoms with E-state index >= 15 is 0 Å². The van der Waals surface area contributed by atoms with Crippen molar-refractivity contribution in [3.63, 3.8) is 0 Å². The minimum Gasteiger partial charge on any atom is -0.495 e. The Kier molecular flexibility index (Phi) is 6.67. The Morgan fingerprint density at radius 2 is 1.80 bits per heavy atom. The fourth-order valence-electron chi connectivity index (χ4n) is 3.35. The molecule has 1 saturated heterocycles. The summed E-state index contributed by atoms with van der Waals surface area (Å²) >= 11 is 0. The Morgan fingerprint density at radius 3 is 2.47 bits per heavy atom. The number of methoxy groups -OCH3 is 1. The number of carbonyl (C=O) groups excluding carboxylic acids is 1. The van der Waals surface area contributed by atoms with Gasteiger partial charge in [0.25, 0.3) is 5.91 Å². The number of hydrogen-bond acceptors (Lipinski definition) is 5. The molecule has 1 aliphatic rings. The minimum atomic E-state index is -3.61. The van der Waals surface area contributed by atoms with Gasteiger partial charge in [-0.15, -0.1) is 0 Å². The van der Waals surface area contributed by atoms with Crippen LogP contribution in [0.5, 0.6) is 11.5 Å². The summed E-state index contributed by atoms with van der Waals surface area (Å²) in [5, 5.41) is 2.75. The topological polar surface area (TPSA) is 84.9 Å². The third-order valence-corrected chi connectivity index (χ3v) is 7.25. The van der Waals surface area contributed by atoms with Crippen LogP contribution < -0.4 is 14.8 Å². The number of benzene rings is 2. The summed E-state index contributed by atoms with van der Waals surface area (Å²) in [6.07, 6.45) is 0.923.